The minimum atomic E-state index is -6.69. The molecule has 0 heterocycles. The van der Waals surface area contributed by atoms with Crippen LogP contribution < -0.4 is 0 Å². The van der Waals surface area contributed by atoms with Crippen molar-refractivity contribution in [3.63, 3.8) is 0 Å². The van der Waals surface area contributed by atoms with Crippen LogP contribution in [0.15, 0.2) is 0 Å². The second-order valence-electron chi connectivity index (χ2n) is 17.9. The maximum absolute atomic E-state index is 13.3. The van der Waals surface area contributed by atoms with Gasteiger partial charge in [-0.25, -0.2) is 0 Å². The Morgan fingerprint density at radius 2 is 1.22 bits per heavy atom. The van der Waals surface area contributed by atoms with E-state index in [0.29, 0.717) is 36.4 Å². The molecule has 0 aromatic heterocycles. The molecule has 0 saturated heterocycles. The number of unbranched alkanes of at least 4 members (excludes halogenated alkanes) is 12. The van der Waals surface area contributed by atoms with Gasteiger partial charge in [0.25, 0.3) is 0 Å². The molecule has 3 aliphatic carbocycles. The molecule has 0 bridgehead atoms. The molecule has 3 nitrogen and oxygen atoms in total. The number of aliphatic hydroxyl groups is 1. The van der Waals surface area contributed by atoms with Gasteiger partial charge in [-0.05, 0) is 118 Å². The third kappa shape index (κ3) is 13.4. The average molecular weight is 809 g/mol. The maximum Gasteiger partial charge on any atom is 0.435 e. The number of halogens is 9. The van der Waals surface area contributed by atoms with Gasteiger partial charge < -0.3 is 14.6 Å². The summed E-state index contributed by atoms with van der Waals surface area (Å²) in [7, 11) is 0. The highest BCUT2D eigenvalue weighted by molar-refractivity contribution is 5.05. The predicted molar refractivity (Wildman–Crippen MR) is 199 cm³/mol. The van der Waals surface area contributed by atoms with Crippen LogP contribution in [-0.4, -0.2) is 55.2 Å². The van der Waals surface area contributed by atoms with Gasteiger partial charge in [-0.15, -0.1) is 0 Å². The Kier molecular flexibility index (Phi) is 20.0. The van der Waals surface area contributed by atoms with E-state index in [1.165, 1.54) is 83.5 Å². The molecule has 3 aliphatic rings. The fraction of sp³-hybridized carbons (Fsp3) is 1.00. The summed E-state index contributed by atoms with van der Waals surface area (Å²) in [4.78, 5) is 0. The number of hydrogen-bond acceptors (Lipinski definition) is 3. The first kappa shape index (κ1) is 48.6. The highest BCUT2D eigenvalue weighted by atomic mass is 19.4. The SMILES string of the molecule is CCCC[C@H](C[C@H]1CC[C@@H]2[C@H](CC[C@]3(C)[C@@H]([C@H](C)CCCOC(C(F)(F)F)(C(F)(F)F)C(F)(F)F)CC[C@@H]23)C1)OCCCCCCCCCCCCCCO. The molecule has 3 fully saturated rings. The number of hydrogen-bond donors (Lipinski definition) is 1. The van der Waals surface area contributed by atoms with E-state index in [0.717, 1.165) is 70.8 Å². The van der Waals surface area contributed by atoms with Crippen molar-refractivity contribution in [2.24, 2.45) is 40.9 Å². The highest BCUT2D eigenvalue weighted by Gasteiger charge is 2.85. The largest absolute Gasteiger partial charge is 0.435 e. The summed E-state index contributed by atoms with van der Waals surface area (Å²) in [6, 6.07) is 0. The van der Waals surface area contributed by atoms with E-state index in [4.69, 9.17) is 9.84 Å². The summed E-state index contributed by atoms with van der Waals surface area (Å²) in [5, 5.41) is 8.86. The second kappa shape index (κ2) is 22.6. The van der Waals surface area contributed by atoms with Crippen LogP contribution in [0.2, 0.25) is 0 Å². The third-order valence-corrected chi connectivity index (χ3v) is 14.1. The van der Waals surface area contributed by atoms with Crippen molar-refractivity contribution in [3.05, 3.63) is 0 Å². The quantitative estimate of drug-likeness (QED) is 0.0699. The van der Waals surface area contributed by atoms with Crippen LogP contribution in [-0.2, 0) is 9.47 Å². The van der Waals surface area contributed by atoms with Crippen molar-refractivity contribution in [1.29, 1.82) is 0 Å². The normalized spacial score (nSPS) is 27.5. The fourth-order valence-corrected chi connectivity index (χ4v) is 11.1. The van der Waals surface area contributed by atoms with Crippen molar-refractivity contribution in [2.45, 2.75) is 212 Å². The Balaban J connectivity index is 1.40. The topological polar surface area (TPSA) is 38.7 Å². The second-order valence-corrected chi connectivity index (χ2v) is 17.9. The van der Waals surface area contributed by atoms with Crippen molar-refractivity contribution in [1.82, 2.24) is 0 Å². The van der Waals surface area contributed by atoms with E-state index in [1.54, 1.807) is 0 Å². The molecular formula is C43H73F9O3. The highest BCUT2D eigenvalue weighted by Crippen LogP contribution is 2.64. The van der Waals surface area contributed by atoms with Gasteiger partial charge in [-0.1, -0.05) is 104 Å². The molecule has 0 amide bonds. The van der Waals surface area contributed by atoms with Crippen molar-refractivity contribution in [3.8, 4) is 0 Å². The Bertz CT molecular complexity index is 1010. The van der Waals surface area contributed by atoms with Gasteiger partial charge in [0.2, 0.25) is 0 Å². The summed E-state index contributed by atoms with van der Waals surface area (Å²) in [6.07, 6.45) is 7.09. The van der Waals surface area contributed by atoms with E-state index in [2.05, 4.69) is 18.6 Å². The van der Waals surface area contributed by atoms with Crippen molar-refractivity contribution >= 4 is 0 Å². The molecule has 0 radical (unpaired) electrons. The lowest BCUT2D eigenvalue weighted by molar-refractivity contribution is -0.457. The lowest BCUT2D eigenvalue weighted by Gasteiger charge is -2.53. The summed E-state index contributed by atoms with van der Waals surface area (Å²) in [5.74, 6) is 2.59. The van der Waals surface area contributed by atoms with Crippen molar-refractivity contribution in [2.75, 3.05) is 19.8 Å². The van der Waals surface area contributed by atoms with Gasteiger partial charge in [0, 0.05) is 19.8 Å². The first-order valence-electron chi connectivity index (χ1n) is 22.0. The molecule has 0 aliphatic heterocycles. The average Bonchev–Trinajstić information content (AvgIpc) is 3.46. The van der Waals surface area contributed by atoms with Gasteiger partial charge in [-0.3, -0.25) is 0 Å². The zero-order valence-corrected chi connectivity index (χ0v) is 34.0. The van der Waals surface area contributed by atoms with Crippen LogP contribution >= 0.6 is 0 Å². The predicted octanol–water partition coefficient (Wildman–Crippen LogP) is 14.3. The first-order chi connectivity index (χ1) is 25.9. The van der Waals surface area contributed by atoms with Crippen LogP contribution in [0.25, 0.3) is 0 Å². The molecule has 0 aromatic rings. The van der Waals surface area contributed by atoms with E-state index in [9.17, 15) is 39.5 Å². The summed E-state index contributed by atoms with van der Waals surface area (Å²) in [6.45, 7) is 6.32. The molecule has 0 spiro atoms. The first-order valence-corrected chi connectivity index (χ1v) is 22.0. The molecule has 3 rings (SSSR count). The zero-order chi connectivity index (χ0) is 40.8. The minimum Gasteiger partial charge on any atom is -0.396 e. The number of fused-ring (bicyclic) bond motifs is 3. The molecule has 3 saturated carbocycles. The number of alkyl halides is 9. The minimum absolute atomic E-state index is 0.00953. The molecule has 0 unspecified atom stereocenters. The van der Waals surface area contributed by atoms with E-state index >= 15 is 0 Å². The summed E-state index contributed by atoms with van der Waals surface area (Å²) in [5.41, 5.74) is -6.18. The van der Waals surface area contributed by atoms with Gasteiger partial charge in [0.1, 0.15) is 0 Å². The smallest absolute Gasteiger partial charge is 0.396 e. The van der Waals surface area contributed by atoms with Gasteiger partial charge >= 0.3 is 24.1 Å². The molecule has 55 heavy (non-hydrogen) atoms. The molecule has 1 N–H and O–H groups in total. The Hall–Kier alpha value is -0.750. The fourth-order valence-electron chi connectivity index (χ4n) is 11.1. The standard InChI is InChI=1S/C43H73F9O3/c1-4-5-20-35(54-28-17-15-13-11-9-7-6-8-10-12-14-16-27-53)31-33-21-22-36-34(30-33)25-26-39(3)37(23-24-38(36)39)32(2)19-18-29-55-40(41(44,45)46,42(47,48)49)43(50,51)52/h32-38,53H,4-31H2,1-3H3/t32-,33+,34-,35-,36-,37-,38+,39-/m1/s1. The molecular weight excluding hydrogens is 735 g/mol. The third-order valence-electron chi connectivity index (χ3n) is 14.1. The van der Waals surface area contributed by atoms with Crippen LogP contribution in [0, 0.1) is 40.9 Å². The van der Waals surface area contributed by atoms with E-state index in [-0.39, 0.29) is 30.1 Å². The number of ether oxygens (including phenoxy) is 2. The summed E-state index contributed by atoms with van der Waals surface area (Å²) < 4.78 is 130. The monoisotopic (exact) mass is 809 g/mol. The molecule has 0 aromatic carbocycles. The van der Waals surface area contributed by atoms with Crippen molar-refractivity contribution < 1.29 is 54.1 Å². The number of aliphatic hydroxyl groups excluding tert-OH is 1. The van der Waals surface area contributed by atoms with E-state index in [1.807, 2.05) is 6.92 Å². The van der Waals surface area contributed by atoms with Crippen LogP contribution in [0.3, 0.4) is 0 Å². The van der Waals surface area contributed by atoms with Gasteiger partial charge in [0.05, 0.1) is 6.10 Å². The van der Waals surface area contributed by atoms with Crippen LogP contribution in [0.4, 0.5) is 39.5 Å². The zero-order valence-electron chi connectivity index (χ0n) is 34.0. The lowest BCUT2D eigenvalue weighted by Crippen LogP contribution is -2.67. The molecule has 326 valence electrons. The Morgan fingerprint density at radius 3 is 1.76 bits per heavy atom. The lowest BCUT2D eigenvalue weighted by atomic mass is 9.52. The van der Waals surface area contributed by atoms with E-state index < -0.39 is 30.7 Å². The Morgan fingerprint density at radius 1 is 0.655 bits per heavy atom. The van der Waals surface area contributed by atoms with Gasteiger partial charge in [0.15, 0.2) is 0 Å². The Labute approximate surface area is 326 Å². The molecule has 12 heteroatoms. The van der Waals surface area contributed by atoms with Crippen LogP contribution in [0.5, 0.6) is 0 Å². The number of rotatable bonds is 26. The molecule has 8 atom stereocenters. The maximum atomic E-state index is 13.3. The summed E-state index contributed by atoms with van der Waals surface area (Å²) >= 11 is 0. The van der Waals surface area contributed by atoms with Crippen LogP contribution in [0.1, 0.15) is 181 Å². The van der Waals surface area contributed by atoms with Gasteiger partial charge in [-0.2, -0.15) is 39.5 Å².